The molecule has 2 bridgehead atoms. The Kier molecular flexibility index (Phi) is 7.28. The zero-order chi connectivity index (χ0) is 27.6. The number of aryl methyl sites for hydroxylation is 2. The summed E-state index contributed by atoms with van der Waals surface area (Å²) in [5.74, 6) is 1.45. The Morgan fingerprint density at radius 1 is 0.975 bits per heavy atom. The number of fused-ring (bicyclic) bond motifs is 4. The molecule has 204 valence electrons. The number of imidazole rings is 1. The molecule has 0 radical (unpaired) electrons. The van der Waals surface area contributed by atoms with Crippen LogP contribution in [-0.4, -0.2) is 51.7 Å². The van der Waals surface area contributed by atoms with Crippen LogP contribution >= 0.6 is 11.6 Å². The van der Waals surface area contributed by atoms with Gasteiger partial charge in [-0.1, -0.05) is 47.1 Å². The number of amides is 1. The van der Waals surface area contributed by atoms with E-state index in [1.807, 2.05) is 38.1 Å². The van der Waals surface area contributed by atoms with Gasteiger partial charge in [0.15, 0.2) is 0 Å². The maximum Gasteiger partial charge on any atom is 0.274 e. The van der Waals surface area contributed by atoms with Crippen molar-refractivity contribution >= 4 is 23.2 Å². The van der Waals surface area contributed by atoms with Crippen LogP contribution in [0.25, 0.3) is 16.8 Å². The first-order valence-corrected chi connectivity index (χ1v) is 13.6. The van der Waals surface area contributed by atoms with Crippen molar-refractivity contribution in [1.82, 2.24) is 19.4 Å². The van der Waals surface area contributed by atoms with Crippen LogP contribution in [0.3, 0.4) is 0 Å². The van der Waals surface area contributed by atoms with E-state index in [1.165, 1.54) is 0 Å². The van der Waals surface area contributed by atoms with Crippen molar-refractivity contribution in [3.8, 4) is 16.9 Å². The molecular weight excluding hydrogens is 528 g/mol. The molecule has 1 aliphatic heterocycles. The van der Waals surface area contributed by atoms with E-state index in [0.717, 1.165) is 45.0 Å². The molecule has 0 saturated carbocycles. The lowest BCUT2D eigenvalue weighted by Gasteiger charge is -2.23. The summed E-state index contributed by atoms with van der Waals surface area (Å²) in [6, 6.07) is 18.1. The van der Waals surface area contributed by atoms with Gasteiger partial charge in [0.05, 0.1) is 23.9 Å². The molecule has 0 N–H and O–H groups in total. The number of benzene rings is 2. The first-order chi connectivity index (χ1) is 19.4. The van der Waals surface area contributed by atoms with E-state index >= 15 is 0 Å². The molecule has 1 aliphatic rings. The topological polar surface area (TPSA) is 82.1 Å². The second-order valence-electron chi connectivity index (χ2n) is 9.94. The first-order valence-electron chi connectivity index (χ1n) is 13.2. The van der Waals surface area contributed by atoms with Crippen LogP contribution in [0.2, 0.25) is 5.02 Å². The Hall–Kier alpha value is -4.14. The van der Waals surface area contributed by atoms with Gasteiger partial charge in [-0.2, -0.15) is 0 Å². The van der Waals surface area contributed by atoms with E-state index in [0.29, 0.717) is 55.7 Å². The van der Waals surface area contributed by atoms with Gasteiger partial charge in [-0.15, -0.1) is 0 Å². The standard InChI is InChI=1S/C31H29ClN4O4/c1-20-30(21(2)40-34-20)24-6-8-28-25(16-24)15-22-4-3-5-23(14-22)17-35(10-11-38-12-13-39-28)31(37)27-19-36-18-26(32)7-9-29(36)33-27/h3-9,14,16,18-19H,10-13,15,17H2,1-2H3. The minimum atomic E-state index is -0.161. The summed E-state index contributed by atoms with van der Waals surface area (Å²) in [6.07, 6.45) is 4.13. The number of halogens is 1. The Labute approximate surface area is 237 Å². The summed E-state index contributed by atoms with van der Waals surface area (Å²) in [7, 11) is 0. The number of hydrogen-bond donors (Lipinski definition) is 0. The Balaban J connectivity index is 1.31. The molecule has 8 nitrogen and oxygen atoms in total. The quantitative estimate of drug-likeness (QED) is 0.269. The fourth-order valence-corrected chi connectivity index (χ4v) is 5.32. The van der Waals surface area contributed by atoms with E-state index in [1.54, 1.807) is 33.8 Å². The second-order valence-corrected chi connectivity index (χ2v) is 10.4. The summed E-state index contributed by atoms with van der Waals surface area (Å²) >= 11 is 6.12. The number of hydrogen-bond acceptors (Lipinski definition) is 6. The van der Waals surface area contributed by atoms with Crippen LogP contribution in [0.15, 0.2) is 71.5 Å². The molecule has 5 aromatic rings. The molecule has 0 aliphatic carbocycles. The highest BCUT2D eigenvalue weighted by molar-refractivity contribution is 6.30. The molecular formula is C31H29ClN4O4. The number of pyridine rings is 1. The summed E-state index contributed by atoms with van der Waals surface area (Å²) in [6.45, 7) is 5.93. The average molecular weight is 557 g/mol. The largest absolute Gasteiger partial charge is 0.491 e. The molecule has 9 heteroatoms. The number of ether oxygens (including phenoxy) is 2. The van der Waals surface area contributed by atoms with E-state index in [-0.39, 0.29) is 5.91 Å². The summed E-state index contributed by atoms with van der Waals surface area (Å²) in [5.41, 5.74) is 7.14. The van der Waals surface area contributed by atoms with Crippen LogP contribution in [0.5, 0.6) is 5.75 Å². The smallest absolute Gasteiger partial charge is 0.274 e. The Bertz CT molecular complexity index is 1670. The van der Waals surface area contributed by atoms with Crippen LogP contribution in [0.1, 0.15) is 38.6 Å². The van der Waals surface area contributed by atoms with Crippen molar-refractivity contribution in [3.63, 3.8) is 0 Å². The van der Waals surface area contributed by atoms with Gasteiger partial charge in [0.25, 0.3) is 5.91 Å². The van der Waals surface area contributed by atoms with Crippen molar-refractivity contribution < 1.29 is 18.8 Å². The van der Waals surface area contributed by atoms with Gasteiger partial charge in [-0.05, 0) is 60.4 Å². The van der Waals surface area contributed by atoms with Crippen LogP contribution in [-0.2, 0) is 17.7 Å². The van der Waals surface area contributed by atoms with E-state index in [2.05, 4.69) is 28.3 Å². The lowest BCUT2D eigenvalue weighted by atomic mass is 9.96. The third-order valence-corrected chi connectivity index (χ3v) is 7.28. The van der Waals surface area contributed by atoms with E-state index < -0.39 is 0 Å². The second kappa shape index (κ2) is 11.2. The molecule has 40 heavy (non-hydrogen) atoms. The third kappa shape index (κ3) is 5.46. The van der Waals surface area contributed by atoms with Gasteiger partial charge in [0, 0.05) is 37.5 Å². The van der Waals surface area contributed by atoms with Crippen molar-refractivity contribution in [3.05, 3.63) is 106 Å². The molecule has 0 atom stereocenters. The predicted octanol–water partition coefficient (Wildman–Crippen LogP) is 5.90. The van der Waals surface area contributed by atoms with Crippen molar-refractivity contribution in [1.29, 1.82) is 0 Å². The van der Waals surface area contributed by atoms with Gasteiger partial charge >= 0.3 is 0 Å². The molecule has 0 fully saturated rings. The minimum absolute atomic E-state index is 0.161. The van der Waals surface area contributed by atoms with E-state index in [9.17, 15) is 4.79 Å². The summed E-state index contributed by atoms with van der Waals surface area (Å²) < 4.78 is 19.2. The van der Waals surface area contributed by atoms with Crippen molar-refractivity contribution in [2.45, 2.75) is 26.8 Å². The summed E-state index contributed by atoms with van der Waals surface area (Å²) in [5, 5.41) is 4.70. The highest BCUT2D eigenvalue weighted by Crippen LogP contribution is 2.32. The zero-order valence-corrected chi connectivity index (χ0v) is 23.1. The number of aromatic nitrogens is 3. The third-order valence-electron chi connectivity index (χ3n) is 7.05. The van der Waals surface area contributed by atoms with Crippen molar-refractivity contribution in [2.24, 2.45) is 0 Å². The fraction of sp³-hybridized carbons (Fsp3) is 0.258. The Morgan fingerprint density at radius 3 is 2.70 bits per heavy atom. The van der Waals surface area contributed by atoms with Gasteiger partial charge in [-0.25, -0.2) is 4.98 Å². The molecule has 0 unspecified atom stereocenters. The molecule has 2 aromatic carbocycles. The molecule has 0 saturated heterocycles. The lowest BCUT2D eigenvalue weighted by Crippen LogP contribution is -2.34. The van der Waals surface area contributed by atoms with Gasteiger partial charge in [0.2, 0.25) is 0 Å². The maximum absolute atomic E-state index is 13.6. The van der Waals surface area contributed by atoms with E-state index in [4.69, 9.17) is 25.6 Å². The van der Waals surface area contributed by atoms with Gasteiger partial charge in [0.1, 0.15) is 29.5 Å². The fourth-order valence-electron chi connectivity index (χ4n) is 5.16. The SMILES string of the molecule is Cc1noc(C)c1-c1ccc2c(c1)Cc1cccc(c1)CN(C(=O)c1cn3cc(Cl)ccc3n1)CCOCCO2. The first kappa shape index (κ1) is 26.1. The van der Waals surface area contributed by atoms with Crippen molar-refractivity contribution in [2.75, 3.05) is 26.4 Å². The highest BCUT2D eigenvalue weighted by atomic mass is 35.5. The van der Waals surface area contributed by atoms with Crippen LogP contribution < -0.4 is 4.74 Å². The average Bonchev–Trinajstić information content (AvgIpc) is 3.52. The lowest BCUT2D eigenvalue weighted by molar-refractivity contribution is 0.0567. The predicted molar refractivity (Wildman–Crippen MR) is 152 cm³/mol. The molecule has 6 rings (SSSR count). The maximum atomic E-state index is 13.6. The summed E-state index contributed by atoms with van der Waals surface area (Å²) in [4.78, 5) is 19.9. The van der Waals surface area contributed by atoms with Crippen LogP contribution in [0.4, 0.5) is 0 Å². The highest BCUT2D eigenvalue weighted by Gasteiger charge is 2.21. The number of nitrogens with zero attached hydrogens (tertiary/aromatic N) is 4. The molecule has 0 spiro atoms. The minimum Gasteiger partial charge on any atom is -0.491 e. The van der Waals surface area contributed by atoms with Gasteiger partial charge in [-0.3, -0.25) is 4.79 Å². The number of rotatable bonds is 2. The monoisotopic (exact) mass is 556 g/mol. The van der Waals surface area contributed by atoms with Crippen LogP contribution in [0, 0.1) is 13.8 Å². The Morgan fingerprint density at radius 2 is 1.85 bits per heavy atom. The number of carbonyl (C=O) groups is 1. The van der Waals surface area contributed by atoms with Gasteiger partial charge < -0.3 is 23.3 Å². The molecule has 3 aromatic heterocycles. The normalized spacial score (nSPS) is 14.4. The molecule has 1 amide bonds. The molecule has 4 heterocycles. The number of carbonyl (C=O) groups excluding carboxylic acids is 1. The zero-order valence-electron chi connectivity index (χ0n) is 22.4.